The van der Waals surface area contributed by atoms with Crippen molar-refractivity contribution >= 4 is 11.4 Å². The van der Waals surface area contributed by atoms with Crippen LogP contribution in [0.5, 0.6) is 5.75 Å². The maximum absolute atomic E-state index is 10.9. The normalized spacial score (nSPS) is 17.2. The first-order valence-electron chi connectivity index (χ1n) is 7.27. The smallest absolute Gasteiger partial charge is 0.311 e. The maximum Gasteiger partial charge on any atom is 0.311 e. The molecule has 116 valence electrons. The first kappa shape index (κ1) is 15.6. The molecule has 1 aliphatic rings. The van der Waals surface area contributed by atoms with Gasteiger partial charge in [-0.05, 0) is 18.9 Å². The van der Waals surface area contributed by atoms with Crippen molar-refractivity contribution < 1.29 is 14.8 Å². The Bertz CT molecular complexity index is 498. The van der Waals surface area contributed by atoms with E-state index < -0.39 is 4.92 Å². The molecule has 0 aromatic heterocycles. The lowest BCUT2D eigenvalue weighted by Gasteiger charge is -2.36. The third-order valence-corrected chi connectivity index (χ3v) is 4.29. The average Bonchev–Trinajstić information content (AvgIpc) is 2.53. The van der Waals surface area contributed by atoms with Crippen LogP contribution in [0.2, 0.25) is 0 Å². The van der Waals surface area contributed by atoms with Crippen LogP contribution >= 0.6 is 0 Å². The number of hydrogen-bond donors (Lipinski definition) is 2. The molecule has 0 radical (unpaired) electrons. The van der Waals surface area contributed by atoms with Gasteiger partial charge < -0.3 is 15.2 Å². The molecule has 0 amide bonds. The van der Waals surface area contributed by atoms with Gasteiger partial charge in [-0.3, -0.25) is 10.1 Å². The molecule has 2 rings (SSSR count). The van der Waals surface area contributed by atoms with E-state index in [1.165, 1.54) is 19.6 Å². The maximum atomic E-state index is 10.9. The predicted octanol–water partition coefficient (Wildman–Crippen LogP) is 2.96. The van der Waals surface area contributed by atoms with Crippen LogP contribution in [0.25, 0.3) is 0 Å². The quantitative estimate of drug-likeness (QED) is 0.622. The molecule has 2 N–H and O–H groups in total. The SMILES string of the molecule is COc1cc(NCC2(CO)CCCCC2)ccc1[N+](=O)[O-]. The Balaban J connectivity index is 2.07. The molecule has 1 aromatic carbocycles. The second-order valence-electron chi connectivity index (χ2n) is 5.72. The Morgan fingerprint density at radius 1 is 1.38 bits per heavy atom. The fraction of sp³-hybridized carbons (Fsp3) is 0.600. The lowest BCUT2D eigenvalue weighted by Crippen LogP contribution is -2.35. The van der Waals surface area contributed by atoms with E-state index in [4.69, 9.17) is 4.74 Å². The topological polar surface area (TPSA) is 84.6 Å². The lowest BCUT2D eigenvalue weighted by atomic mass is 9.74. The summed E-state index contributed by atoms with van der Waals surface area (Å²) in [6, 6.07) is 4.74. The van der Waals surface area contributed by atoms with Crippen molar-refractivity contribution in [3.8, 4) is 5.75 Å². The van der Waals surface area contributed by atoms with Gasteiger partial charge in [-0.15, -0.1) is 0 Å². The monoisotopic (exact) mass is 294 g/mol. The van der Waals surface area contributed by atoms with E-state index >= 15 is 0 Å². The summed E-state index contributed by atoms with van der Waals surface area (Å²) in [5, 5.41) is 23.8. The van der Waals surface area contributed by atoms with E-state index in [2.05, 4.69) is 5.32 Å². The van der Waals surface area contributed by atoms with Crippen LogP contribution in [-0.4, -0.2) is 30.3 Å². The number of aliphatic hydroxyl groups is 1. The highest BCUT2D eigenvalue weighted by Gasteiger charge is 2.31. The van der Waals surface area contributed by atoms with Crippen molar-refractivity contribution in [1.82, 2.24) is 0 Å². The molecule has 0 saturated heterocycles. The molecule has 0 bridgehead atoms. The Morgan fingerprint density at radius 3 is 2.67 bits per heavy atom. The zero-order valence-corrected chi connectivity index (χ0v) is 12.3. The largest absolute Gasteiger partial charge is 0.490 e. The molecule has 21 heavy (non-hydrogen) atoms. The number of benzene rings is 1. The highest BCUT2D eigenvalue weighted by molar-refractivity contribution is 5.58. The van der Waals surface area contributed by atoms with Gasteiger partial charge in [0.05, 0.1) is 18.6 Å². The average molecular weight is 294 g/mol. The second-order valence-corrected chi connectivity index (χ2v) is 5.72. The first-order chi connectivity index (χ1) is 10.1. The molecule has 0 spiro atoms. The van der Waals surface area contributed by atoms with Gasteiger partial charge in [-0.2, -0.15) is 0 Å². The number of aliphatic hydroxyl groups excluding tert-OH is 1. The summed E-state index contributed by atoms with van der Waals surface area (Å²) in [5.74, 6) is 0.242. The fourth-order valence-corrected chi connectivity index (χ4v) is 2.92. The summed E-state index contributed by atoms with van der Waals surface area (Å²) in [6.07, 6.45) is 5.55. The molecule has 1 fully saturated rings. The standard InChI is InChI=1S/C15H22N2O4/c1-21-14-9-12(5-6-13(14)17(19)20)16-10-15(11-18)7-3-2-4-8-15/h5-6,9,16,18H,2-4,7-8,10-11H2,1H3. The Morgan fingerprint density at radius 2 is 2.10 bits per heavy atom. The molecule has 1 saturated carbocycles. The van der Waals surface area contributed by atoms with Gasteiger partial charge in [0.25, 0.3) is 0 Å². The lowest BCUT2D eigenvalue weighted by molar-refractivity contribution is -0.385. The van der Waals surface area contributed by atoms with Crippen LogP contribution in [0.4, 0.5) is 11.4 Å². The molecule has 6 heteroatoms. The number of hydrogen-bond acceptors (Lipinski definition) is 5. The van der Waals surface area contributed by atoms with E-state index in [1.54, 1.807) is 12.1 Å². The van der Waals surface area contributed by atoms with Crippen LogP contribution in [0.3, 0.4) is 0 Å². The molecule has 1 aromatic rings. The molecular weight excluding hydrogens is 272 g/mol. The van der Waals surface area contributed by atoms with Crippen molar-refractivity contribution in [2.24, 2.45) is 5.41 Å². The fourth-order valence-electron chi connectivity index (χ4n) is 2.92. The minimum Gasteiger partial charge on any atom is -0.490 e. The van der Waals surface area contributed by atoms with Crippen LogP contribution < -0.4 is 10.1 Å². The zero-order chi connectivity index (χ0) is 15.3. The Labute approximate surface area is 124 Å². The highest BCUT2D eigenvalue weighted by atomic mass is 16.6. The molecule has 1 aliphatic carbocycles. The van der Waals surface area contributed by atoms with Crippen LogP contribution in [0.15, 0.2) is 18.2 Å². The van der Waals surface area contributed by atoms with Gasteiger partial charge in [0.2, 0.25) is 0 Å². The number of nitro groups is 1. The van der Waals surface area contributed by atoms with Crippen LogP contribution in [0, 0.1) is 15.5 Å². The van der Waals surface area contributed by atoms with Crippen molar-refractivity contribution in [2.45, 2.75) is 32.1 Å². The van der Waals surface area contributed by atoms with Crippen LogP contribution in [0.1, 0.15) is 32.1 Å². The minimum absolute atomic E-state index is 0.0439. The molecule has 0 atom stereocenters. The van der Waals surface area contributed by atoms with Crippen molar-refractivity contribution in [3.05, 3.63) is 28.3 Å². The molecule has 0 unspecified atom stereocenters. The number of anilines is 1. The number of rotatable bonds is 6. The van der Waals surface area contributed by atoms with Gasteiger partial charge >= 0.3 is 5.69 Å². The molecule has 0 heterocycles. The Kier molecular flexibility index (Phi) is 5.01. The summed E-state index contributed by atoms with van der Waals surface area (Å²) in [7, 11) is 1.42. The van der Waals surface area contributed by atoms with Crippen molar-refractivity contribution in [2.75, 3.05) is 25.6 Å². The van der Waals surface area contributed by atoms with E-state index in [9.17, 15) is 15.2 Å². The number of nitro benzene ring substituents is 1. The number of nitrogens with zero attached hydrogens (tertiary/aromatic N) is 1. The summed E-state index contributed by atoms with van der Waals surface area (Å²) in [4.78, 5) is 10.4. The predicted molar refractivity (Wildman–Crippen MR) is 80.7 cm³/mol. The van der Waals surface area contributed by atoms with E-state index in [-0.39, 0.29) is 23.5 Å². The van der Waals surface area contributed by atoms with Gasteiger partial charge in [-0.1, -0.05) is 19.3 Å². The van der Waals surface area contributed by atoms with Crippen LogP contribution in [-0.2, 0) is 0 Å². The third-order valence-electron chi connectivity index (χ3n) is 4.29. The molecular formula is C15H22N2O4. The van der Waals surface area contributed by atoms with Crippen molar-refractivity contribution in [3.63, 3.8) is 0 Å². The molecule has 0 aliphatic heterocycles. The number of ether oxygens (including phenoxy) is 1. The summed E-state index contributed by atoms with van der Waals surface area (Å²) in [6.45, 7) is 0.842. The number of methoxy groups -OCH3 is 1. The third kappa shape index (κ3) is 3.64. The summed E-state index contributed by atoms with van der Waals surface area (Å²) < 4.78 is 5.06. The van der Waals surface area contributed by atoms with E-state index in [0.29, 0.717) is 6.54 Å². The van der Waals surface area contributed by atoms with E-state index in [0.717, 1.165) is 31.4 Å². The minimum atomic E-state index is -0.459. The van der Waals surface area contributed by atoms with Gasteiger partial charge in [-0.25, -0.2) is 0 Å². The van der Waals surface area contributed by atoms with Gasteiger partial charge in [0.1, 0.15) is 0 Å². The first-order valence-corrected chi connectivity index (χ1v) is 7.27. The molecule has 6 nitrogen and oxygen atoms in total. The van der Waals surface area contributed by atoms with Gasteiger partial charge in [0.15, 0.2) is 5.75 Å². The summed E-state index contributed by atoms with van der Waals surface area (Å²) >= 11 is 0. The highest BCUT2D eigenvalue weighted by Crippen LogP contribution is 2.36. The van der Waals surface area contributed by atoms with Crippen molar-refractivity contribution in [1.29, 1.82) is 0 Å². The Hall–Kier alpha value is -1.82. The summed E-state index contributed by atoms with van der Waals surface area (Å²) in [5.41, 5.74) is 0.654. The second kappa shape index (κ2) is 6.76. The van der Waals surface area contributed by atoms with E-state index in [1.807, 2.05) is 0 Å². The number of nitrogens with one attached hydrogen (secondary N) is 1. The van der Waals surface area contributed by atoms with Gasteiger partial charge in [0, 0.05) is 29.8 Å². The zero-order valence-electron chi connectivity index (χ0n) is 12.3.